The molecule has 1 nitrogen and oxygen atoms in total. The molecule has 0 aliphatic heterocycles. The lowest BCUT2D eigenvalue weighted by molar-refractivity contribution is 0.0712. The summed E-state index contributed by atoms with van der Waals surface area (Å²) in [4.78, 5) is 0. The van der Waals surface area contributed by atoms with Crippen LogP contribution in [0.2, 0.25) is 0 Å². The minimum absolute atomic E-state index is 0.404. The van der Waals surface area contributed by atoms with Gasteiger partial charge >= 0.3 is 0 Å². The van der Waals surface area contributed by atoms with Crippen LogP contribution in [0.5, 0.6) is 0 Å². The normalized spacial score (nSPS) is 23.5. The topological polar surface area (TPSA) is 9.23 Å². The molecule has 0 amide bonds. The second-order valence-corrected chi connectivity index (χ2v) is 4.30. The Morgan fingerprint density at radius 3 is 3.00 bits per heavy atom. The predicted molar refractivity (Wildman–Crippen MR) is 56.8 cm³/mol. The number of rotatable bonds is 4. The van der Waals surface area contributed by atoms with E-state index in [0.717, 1.165) is 12.5 Å². The van der Waals surface area contributed by atoms with Crippen LogP contribution in [-0.2, 0) is 4.74 Å². The first-order valence-corrected chi connectivity index (χ1v) is 5.57. The maximum atomic E-state index is 5.79. The Hall–Kier alpha value is -0.300. The van der Waals surface area contributed by atoms with E-state index in [1.807, 2.05) is 0 Å². The molecule has 0 N–H and O–H groups in total. The van der Waals surface area contributed by atoms with Gasteiger partial charge in [-0.05, 0) is 31.6 Å². The Labute approximate surface area is 82.2 Å². The third kappa shape index (κ3) is 5.09. The molecule has 0 heterocycles. The van der Waals surface area contributed by atoms with Gasteiger partial charge in [0.05, 0.1) is 6.10 Å². The quantitative estimate of drug-likeness (QED) is 0.604. The van der Waals surface area contributed by atoms with Crippen LogP contribution < -0.4 is 0 Å². The summed E-state index contributed by atoms with van der Waals surface area (Å²) in [6.45, 7) is 5.41. The van der Waals surface area contributed by atoms with Crippen LogP contribution in [-0.4, -0.2) is 12.7 Å². The summed E-state index contributed by atoms with van der Waals surface area (Å²) in [5.41, 5.74) is 0. The van der Waals surface area contributed by atoms with Crippen LogP contribution in [0.3, 0.4) is 0 Å². The van der Waals surface area contributed by atoms with Gasteiger partial charge in [-0.25, -0.2) is 0 Å². The van der Waals surface area contributed by atoms with Gasteiger partial charge < -0.3 is 4.74 Å². The van der Waals surface area contributed by atoms with Gasteiger partial charge in [-0.2, -0.15) is 0 Å². The standard InChI is InChI=1S/C12H22O/c1-11(2)9-10-13-12-7-5-3-4-6-8-12/h5,7,11-12H,3-4,6,8-10H2,1-2H3/t12-/m0/s1. The lowest BCUT2D eigenvalue weighted by Gasteiger charge is -2.13. The van der Waals surface area contributed by atoms with E-state index >= 15 is 0 Å². The van der Waals surface area contributed by atoms with E-state index in [4.69, 9.17) is 4.74 Å². The molecule has 0 saturated carbocycles. The maximum absolute atomic E-state index is 5.79. The average molecular weight is 182 g/mol. The minimum atomic E-state index is 0.404. The molecule has 1 atom stereocenters. The molecule has 0 aromatic carbocycles. The van der Waals surface area contributed by atoms with Gasteiger partial charge in [-0.15, -0.1) is 0 Å². The van der Waals surface area contributed by atoms with Crippen molar-refractivity contribution >= 4 is 0 Å². The summed E-state index contributed by atoms with van der Waals surface area (Å²) in [6.07, 6.45) is 11.2. The van der Waals surface area contributed by atoms with Crippen molar-refractivity contribution in [1.29, 1.82) is 0 Å². The third-order valence-corrected chi connectivity index (χ3v) is 2.49. The van der Waals surface area contributed by atoms with Crippen LogP contribution in [0, 0.1) is 5.92 Å². The van der Waals surface area contributed by atoms with Crippen LogP contribution in [0.15, 0.2) is 12.2 Å². The molecule has 13 heavy (non-hydrogen) atoms. The van der Waals surface area contributed by atoms with Gasteiger partial charge in [-0.3, -0.25) is 0 Å². The third-order valence-electron chi connectivity index (χ3n) is 2.49. The zero-order chi connectivity index (χ0) is 9.52. The molecule has 0 unspecified atom stereocenters. The Kier molecular flexibility index (Phi) is 5.14. The Morgan fingerprint density at radius 2 is 2.23 bits per heavy atom. The second kappa shape index (κ2) is 6.20. The molecule has 1 aliphatic rings. The van der Waals surface area contributed by atoms with Crippen LogP contribution in [0.25, 0.3) is 0 Å². The van der Waals surface area contributed by atoms with Gasteiger partial charge in [0.2, 0.25) is 0 Å². The van der Waals surface area contributed by atoms with Crippen LogP contribution in [0.1, 0.15) is 46.0 Å². The van der Waals surface area contributed by atoms with Gasteiger partial charge in [0.25, 0.3) is 0 Å². The minimum Gasteiger partial charge on any atom is -0.374 e. The number of hydrogen-bond donors (Lipinski definition) is 0. The molecule has 0 bridgehead atoms. The van der Waals surface area contributed by atoms with E-state index in [2.05, 4.69) is 26.0 Å². The average Bonchev–Trinajstić information content (AvgIpc) is 2.32. The highest BCUT2D eigenvalue weighted by Gasteiger charge is 2.07. The highest BCUT2D eigenvalue weighted by Crippen LogP contribution is 2.14. The summed E-state index contributed by atoms with van der Waals surface area (Å²) in [7, 11) is 0. The Bertz CT molecular complexity index is 149. The van der Waals surface area contributed by atoms with Crippen molar-refractivity contribution in [2.75, 3.05) is 6.61 Å². The fraction of sp³-hybridized carbons (Fsp3) is 0.833. The zero-order valence-electron chi connectivity index (χ0n) is 8.96. The van der Waals surface area contributed by atoms with Crippen molar-refractivity contribution in [2.45, 2.75) is 52.1 Å². The fourth-order valence-corrected chi connectivity index (χ4v) is 1.55. The second-order valence-electron chi connectivity index (χ2n) is 4.30. The first kappa shape index (κ1) is 10.8. The van der Waals surface area contributed by atoms with Crippen molar-refractivity contribution in [3.63, 3.8) is 0 Å². The van der Waals surface area contributed by atoms with Gasteiger partial charge in [0.1, 0.15) is 0 Å². The number of allylic oxidation sites excluding steroid dienone is 1. The number of hydrogen-bond acceptors (Lipinski definition) is 1. The van der Waals surface area contributed by atoms with Gasteiger partial charge in [-0.1, -0.05) is 32.4 Å². The van der Waals surface area contributed by atoms with Crippen LogP contribution in [0.4, 0.5) is 0 Å². The molecule has 76 valence electrons. The zero-order valence-corrected chi connectivity index (χ0v) is 8.96. The maximum Gasteiger partial charge on any atom is 0.0755 e. The van der Waals surface area contributed by atoms with E-state index in [0.29, 0.717) is 6.10 Å². The van der Waals surface area contributed by atoms with Crippen molar-refractivity contribution in [2.24, 2.45) is 5.92 Å². The van der Waals surface area contributed by atoms with Crippen molar-refractivity contribution in [1.82, 2.24) is 0 Å². The summed E-state index contributed by atoms with van der Waals surface area (Å²) in [5.74, 6) is 0.759. The molecular weight excluding hydrogens is 160 g/mol. The molecule has 0 spiro atoms. The van der Waals surface area contributed by atoms with Crippen molar-refractivity contribution in [3.8, 4) is 0 Å². The first-order valence-electron chi connectivity index (χ1n) is 5.57. The van der Waals surface area contributed by atoms with E-state index in [-0.39, 0.29) is 0 Å². The highest BCUT2D eigenvalue weighted by molar-refractivity contribution is 4.92. The van der Waals surface area contributed by atoms with Crippen LogP contribution >= 0.6 is 0 Å². The summed E-state index contributed by atoms with van der Waals surface area (Å²) >= 11 is 0. The number of ether oxygens (including phenoxy) is 1. The van der Waals surface area contributed by atoms with Crippen molar-refractivity contribution in [3.05, 3.63) is 12.2 Å². The Morgan fingerprint density at radius 1 is 1.38 bits per heavy atom. The molecule has 1 rings (SSSR count). The van der Waals surface area contributed by atoms with Crippen molar-refractivity contribution < 1.29 is 4.74 Å². The monoisotopic (exact) mass is 182 g/mol. The first-order chi connectivity index (χ1) is 6.29. The molecule has 0 aromatic rings. The van der Waals surface area contributed by atoms with E-state index in [9.17, 15) is 0 Å². The molecule has 0 saturated heterocycles. The largest absolute Gasteiger partial charge is 0.374 e. The summed E-state index contributed by atoms with van der Waals surface area (Å²) in [6, 6.07) is 0. The van der Waals surface area contributed by atoms with Gasteiger partial charge in [0.15, 0.2) is 0 Å². The molecule has 1 aliphatic carbocycles. The SMILES string of the molecule is CC(C)CCO[C@H]1C=CCCCC1. The lowest BCUT2D eigenvalue weighted by Crippen LogP contribution is -2.11. The lowest BCUT2D eigenvalue weighted by atomic mass is 10.1. The smallest absolute Gasteiger partial charge is 0.0755 e. The molecular formula is C12H22O. The summed E-state index contributed by atoms with van der Waals surface area (Å²) in [5, 5.41) is 0. The predicted octanol–water partition coefficient (Wildman–Crippen LogP) is 3.55. The highest BCUT2D eigenvalue weighted by atomic mass is 16.5. The van der Waals surface area contributed by atoms with E-state index < -0.39 is 0 Å². The van der Waals surface area contributed by atoms with Gasteiger partial charge in [0, 0.05) is 6.61 Å². The molecule has 1 heteroatoms. The molecule has 0 fully saturated rings. The van der Waals surface area contributed by atoms with E-state index in [1.165, 1.54) is 32.1 Å². The Balaban J connectivity index is 2.12. The van der Waals surface area contributed by atoms with E-state index in [1.54, 1.807) is 0 Å². The molecule has 0 radical (unpaired) electrons. The fourth-order valence-electron chi connectivity index (χ4n) is 1.55. The molecule has 0 aromatic heterocycles. The summed E-state index contributed by atoms with van der Waals surface area (Å²) < 4.78 is 5.79.